The molecule has 1 saturated heterocycles. The summed E-state index contributed by atoms with van der Waals surface area (Å²) in [7, 11) is 1.77. The number of phenols is 1. The zero-order valence-corrected chi connectivity index (χ0v) is 23.0. The number of aromatic hydroxyl groups is 1. The van der Waals surface area contributed by atoms with Gasteiger partial charge in [0.1, 0.15) is 17.2 Å². The minimum absolute atomic E-state index is 0.421. The maximum absolute atomic E-state index is 10.0. The van der Waals surface area contributed by atoms with Gasteiger partial charge in [-0.3, -0.25) is 4.90 Å². The van der Waals surface area contributed by atoms with Crippen molar-refractivity contribution in [3.63, 3.8) is 0 Å². The van der Waals surface area contributed by atoms with E-state index < -0.39 is 0 Å². The van der Waals surface area contributed by atoms with E-state index in [0.717, 1.165) is 55.2 Å². The lowest BCUT2D eigenvalue weighted by Crippen LogP contribution is -2.45. The average Bonchev–Trinajstić information content (AvgIpc) is 3.52. The third kappa shape index (κ3) is 4.64. The highest BCUT2D eigenvalue weighted by molar-refractivity contribution is 5.41. The summed E-state index contributed by atoms with van der Waals surface area (Å²) in [5.74, 6) is 5.98. The first-order valence-corrected chi connectivity index (χ1v) is 14.8. The number of rotatable bonds is 7. The van der Waals surface area contributed by atoms with Crippen molar-refractivity contribution in [2.45, 2.75) is 77.7 Å². The molecule has 3 aliphatic carbocycles. The van der Waals surface area contributed by atoms with Gasteiger partial charge in [-0.25, -0.2) is 0 Å². The normalized spacial score (nSPS) is 33.0. The van der Waals surface area contributed by atoms with Crippen molar-refractivity contribution in [3.05, 3.63) is 53.1 Å². The number of likely N-dealkylation sites (tertiary alicyclic amines) is 1. The zero-order valence-electron chi connectivity index (χ0n) is 23.0. The van der Waals surface area contributed by atoms with Crippen molar-refractivity contribution in [2.75, 3.05) is 26.8 Å². The van der Waals surface area contributed by atoms with E-state index in [0.29, 0.717) is 23.0 Å². The maximum atomic E-state index is 10.0. The van der Waals surface area contributed by atoms with Crippen LogP contribution in [0.2, 0.25) is 0 Å². The fourth-order valence-corrected chi connectivity index (χ4v) is 8.99. The molecule has 200 valence electrons. The van der Waals surface area contributed by atoms with Crippen molar-refractivity contribution < 1.29 is 14.6 Å². The van der Waals surface area contributed by atoms with Crippen LogP contribution in [0.5, 0.6) is 17.2 Å². The summed E-state index contributed by atoms with van der Waals surface area (Å²) in [5, 5.41) is 10.0. The monoisotopic (exact) mass is 503 g/mol. The van der Waals surface area contributed by atoms with Gasteiger partial charge in [0.25, 0.3) is 0 Å². The van der Waals surface area contributed by atoms with Gasteiger partial charge in [-0.15, -0.1) is 0 Å². The zero-order chi connectivity index (χ0) is 25.6. The predicted octanol–water partition coefficient (Wildman–Crippen LogP) is 7.18. The van der Waals surface area contributed by atoms with E-state index in [1.165, 1.54) is 68.3 Å². The van der Waals surface area contributed by atoms with E-state index in [1.807, 2.05) is 12.1 Å². The molecule has 0 spiro atoms. The second-order valence-electron chi connectivity index (χ2n) is 12.8. The Morgan fingerprint density at radius 3 is 2.70 bits per heavy atom. The summed E-state index contributed by atoms with van der Waals surface area (Å²) < 4.78 is 12.1. The van der Waals surface area contributed by atoms with Gasteiger partial charge in [-0.2, -0.15) is 0 Å². The average molecular weight is 504 g/mol. The third-order valence-electron chi connectivity index (χ3n) is 10.8. The van der Waals surface area contributed by atoms with Crippen molar-refractivity contribution in [1.82, 2.24) is 4.90 Å². The number of hydrogen-bond acceptors (Lipinski definition) is 4. The Morgan fingerprint density at radius 2 is 1.89 bits per heavy atom. The summed E-state index contributed by atoms with van der Waals surface area (Å²) >= 11 is 0. The van der Waals surface area contributed by atoms with Gasteiger partial charge in [-0.05, 0) is 129 Å². The highest BCUT2D eigenvalue weighted by Gasteiger charge is 2.55. The van der Waals surface area contributed by atoms with Crippen LogP contribution in [-0.4, -0.2) is 36.8 Å². The first kappa shape index (κ1) is 25.1. The maximum Gasteiger partial charge on any atom is 0.127 e. The number of nitrogens with zero attached hydrogens (tertiary/aromatic N) is 1. The molecule has 6 rings (SSSR count). The minimum atomic E-state index is 0.421. The molecule has 37 heavy (non-hydrogen) atoms. The number of phenolic OH excluding ortho intramolecular Hbond substituents is 1. The summed E-state index contributed by atoms with van der Waals surface area (Å²) in [5.41, 5.74) is 4.60. The molecule has 4 nitrogen and oxygen atoms in total. The molecule has 0 amide bonds. The highest BCUT2D eigenvalue weighted by atomic mass is 16.5. The highest BCUT2D eigenvalue weighted by Crippen LogP contribution is 2.64. The molecule has 0 aromatic heterocycles. The van der Waals surface area contributed by atoms with E-state index in [2.05, 4.69) is 43.0 Å². The van der Waals surface area contributed by atoms with Crippen LogP contribution in [0.25, 0.3) is 0 Å². The molecular formula is C33H45NO3. The van der Waals surface area contributed by atoms with Crippen LogP contribution in [0.3, 0.4) is 0 Å². The number of hydrogen-bond donors (Lipinski definition) is 1. The van der Waals surface area contributed by atoms with Gasteiger partial charge in [-0.1, -0.05) is 26.0 Å². The van der Waals surface area contributed by atoms with E-state index in [1.54, 1.807) is 7.11 Å². The second kappa shape index (κ2) is 10.2. The van der Waals surface area contributed by atoms with Gasteiger partial charge in [0.05, 0.1) is 13.7 Å². The molecule has 0 radical (unpaired) electrons. The van der Waals surface area contributed by atoms with Crippen molar-refractivity contribution >= 4 is 0 Å². The van der Waals surface area contributed by atoms with Gasteiger partial charge in [0, 0.05) is 18.2 Å². The van der Waals surface area contributed by atoms with Crippen molar-refractivity contribution in [1.29, 1.82) is 0 Å². The Morgan fingerprint density at radius 1 is 1.05 bits per heavy atom. The van der Waals surface area contributed by atoms with Crippen molar-refractivity contribution in [2.24, 2.45) is 29.1 Å². The Kier molecular flexibility index (Phi) is 6.90. The van der Waals surface area contributed by atoms with Crippen LogP contribution in [0.4, 0.5) is 0 Å². The van der Waals surface area contributed by atoms with E-state index in [4.69, 9.17) is 9.47 Å². The Bertz CT molecular complexity index is 1110. The minimum Gasteiger partial charge on any atom is -0.508 e. The molecule has 0 bridgehead atoms. The summed E-state index contributed by atoms with van der Waals surface area (Å²) in [6.07, 6.45) is 10.2. The predicted molar refractivity (Wildman–Crippen MR) is 148 cm³/mol. The molecule has 6 atom stereocenters. The van der Waals surface area contributed by atoms with E-state index in [-0.39, 0.29) is 0 Å². The first-order chi connectivity index (χ1) is 18.0. The summed E-state index contributed by atoms with van der Waals surface area (Å²) in [4.78, 5) is 2.51. The Balaban J connectivity index is 1.09. The quantitative estimate of drug-likeness (QED) is 0.434. The van der Waals surface area contributed by atoms with E-state index >= 15 is 0 Å². The summed E-state index contributed by atoms with van der Waals surface area (Å²) in [6.45, 7) is 9.21. The largest absolute Gasteiger partial charge is 0.508 e. The number of methoxy groups -OCH3 is 1. The molecular weight excluding hydrogens is 458 g/mol. The lowest BCUT2D eigenvalue weighted by Gasteiger charge is -2.53. The summed E-state index contributed by atoms with van der Waals surface area (Å²) in [6, 6.07) is 12.6. The standard InChI is InChI=1S/C33H45NO3/c1-22-18-24-19-26(35)8-10-28(24)29-12-14-33(2)25(7-11-30(33)32(22)29)13-17-37-27-9-6-23(31(20-27)36-3)21-34-15-4-5-16-34/h6,8-10,19-20,22,25,29-30,32,35H,4-5,7,11-18,21H2,1-3H3/t22-,25-,29-,30+,32-,33-/m1/s1. The molecule has 2 aromatic rings. The molecule has 1 heterocycles. The van der Waals surface area contributed by atoms with Gasteiger partial charge in [0.2, 0.25) is 0 Å². The van der Waals surface area contributed by atoms with Crippen LogP contribution in [0, 0.1) is 29.1 Å². The lowest BCUT2D eigenvalue weighted by atomic mass is 9.51. The molecule has 4 heteroatoms. The Hall–Kier alpha value is -2.20. The third-order valence-corrected chi connectivity index (χ3v) is 10.8. The Labute approximate surface area is 223 Å². The molecule has 2 saturated carbocycles. The fraction of sp³-hybridized carbons (Fsp3) is 0.636. The van der Waals surface area contributed by atoms with Crippen LogP contribution in [0.1, 0.15) is 81.4 Å². The van der Waals surface area contributed by atoms with Gasteiger partial charge < -0.3 is 14.6 Å². The number of ether oxygens (including phenoxy) is 2. The van der Waals surface area contributed by atoms with Crippen LogP contribution in [0.15, 0.2) is 36.4 Å². The topological polar surface area (TPSA) is 41.9 Å². The smallest absolute Gasteiger partial charge is 0.127 e. The van der Waals surface area contributed by atoms with Gasteiger partial charge >= 0.3 is 0 Å². The second-order valence-corrected chi connectivity index (χ2v) is 12.8. The van der Waals surface area contributed by atoms with Crippen LogP contribution < -0.4 is 9.47 Å². The molecule has 4 aliphatic rings. The molecule has 1 aliphatic heterocycles. The lowest BCUT2D eigenvalue weighted by molar-refractivity contribution is 0.000913. The van der Waals surface area contributed by atoms with E-state index in [9.17, 15) is 5.11 Å². The molecule has 3 fully saturated rings. The number of fused-ring (bicyclic) bond motifs is 5. The van der Waals surface area contributed by atoms with Crippen LogP contribution >= 0.6 is 0 Å². The van der Waals surface area contributed by atoms with Crippen molar-refractivity contribution in [3.8, 4) is 17.2 Å². The molecule has 1 N–H and O–H groups in total. The fourth-order valence-electron chi connectivity index (χ4n) is 8.99. The molecule has 0 unspecified atom stereocenters. The first-order valence-electron chi connectivity index (χ1n) is 14.8. The SMILES string of the molecule is COc1cc(OCC[C@H]2CC[C@H]3[C@@H]4[C@H](C)Cc5cc(O)ccc5[C@H]4CC[C@]23C)ccc1CN1CCCC1. The number of benzene rings is 2. The van der Waals surface area contributed by atoms with Crippen LogP contribution in [-0.2, 0) is 13.0 Å². The molecule has 2 aromatic carbocycles. The van der Waals surface area contributed by atoms with Gasteiger partial charge in [0.15, 0.2) is 0 Å².